The quantitative estimate of drug-likeness (QED) is 0.0964. The SMILES string of the molecule is NS(=O)(=O)c1ccc(-c2ccc(C=C(C(=O)Nc3cccc(C(F)(F)F)c3)C(=O)Nc3cccc(C(F)(F)F)c3)o2)cc1. The number of carbonyl (C=O) groups is 2. The highest BCUT2D eigenvalue weighted by Gasteiger charge is 2.32. The van der Waals surface area contributed by atoms with Crippen molar-refractivity contribution < 1.29 is 48.8 Å². The van der Waals surface area contributed by atoms with E-state index in [1.54, 1.807) is 0 Å². The third-order valence-electron chi connectivity index (χ3n) is 5.77. The van der Waals surface area contributed by atoms with Crippen LogP contribution in [-0.4, -0.2) is 20.2 Å². The normalized spacial score (nSPS) is 12.0. The summed E-state index contributed by atoms with van der Waals surface area (Å²) in [7, 11) is -3.96. The Morgan fingerprint density at radius 3 is 1.65 bits per heavy atom. The van der Waals surface area contributed by atoms with Gasteiger partial charge in [0.1, 0.15) is 17.1 Å². The molecule has 0 spiro atoms. The Morgan fingerprint density at radius 2 is 1.21 bits per heavy atom. The van der Waals surface area contributed by atoms with Crippen LogP contribution < -0.4 is 15.8 Å². The fraction of sp³-hybridized carbons (Fsp3) is 0.0714. The van der Waals surface area contributed by atoms with Crippen LogP contribution in [0, 0.1) is 0 Å². The van der Waals surface area contributed by atoms with Gasteiger partial charge in [-0.3, -0.25) is 9.59 Å². The molecule has 3 aromatic carbocycles. The lowest BCUT2D eigenvalue weighted by molar-refractivity contribution is -0.138. The molecule has 0 aliphatic heterocycles. The topological polar surface area (TPSA) is 132 Å². The van der Waals surface area contributed by atoms with Crippen LogP contribution in [0.3, 0.4) is 0 Å². The first-order valence-corrected chi connectivity index (χ1v) is 13.5. The van der Waals surface area contributed by atoms with Crippen molar-refractivity contribution in [3.8, 4) is 11.3 Å². The van der Waals surface area contributed by atoms with Crippen LogP contribution in [0.5, 0.6) is 0 Å². The van der Waals surface area contributed by atoms with Crippen molar-refractivity contribution in [2.24, 2.45) is 5.14 Å². The fourth-order valence-corrected chi connectivity index (χ4v) is 4.23. The molecular weight excluding hydrogens is 604 g/mol. The smallest absolute Gasteiger partial charge is 0.416 e. The molecule has 224 valence electrons. The van der Waals surface area contributed by atoms with Crippen molar-refractivity contribution in [1.29, 1.82) is 0 Å². The first-order valence-electron chi connectivity index (χ1n) is 11.9. The standard InChI is InChI=1S/C28H19F6N3O5S/c29-27(30,31)17-3-1-5-19(13-17)36-25(38)23(26(39)37-20-6-2-4-18(14-20)28(32,33)34)15-21-9-12-24(42-21)16-7-10-22(11-8-16)43(35,40)41/h1-15H,(H,36,38)(H,37,39)(H2,35,40,41). The second-order valence-electron chi connectivity index (χ2n) is 8.89. The van der Waals surface area contributed by atoms with Gasteiger partial charge in [-0.25, -0.2) is 13.6 Å². The lowest BCUT2D eigenvalue weighted by Gasteiger charge is -2.13. The Labute approximate surface area is 239 Å². The molecule has 0 unspecified atom stereocenters. The predicted molar refractivity (Wildman–Crippen MR) is 144 cm³/mol. The number of nitrogens with two attached hydrogens (primary N) is 1. The minimum Gasteiger partial charge on any atom is -0.457 e. The van der Waals surface area contributed by atoms with Gasteiger partial charge in [0.2, 0.25) is 10.0 Å². The average Bonchev–Trinajstić information content (AvgIpc) is 3.39. The molecule has 0 aliphatic carbocycles. The maximum absolute atomic E-state index is 13.1. The Bertz CT molecular complexity index is 1740. The number of anilines is 2. The first kappa shape index (κ1) is 31.1. The van der Waals surface area contributed by atoms with E-state index in [0.717, 1.165) is 42.5 Å². The molecule has 0 saturated heterocycles. The Hall–Kier alpha value is -4.89. The number of benzene rings is 3. The van der Waals surface area contributed by atoms with Crippen molar-refractivity contribution in [1.82, 2.24) is 0 Å². The van der Waals surface area contributed by atoms with E-state index in [-0.39, 0.29) is 27.8 Å². The van der Waals surface area contributed by atoms with E-state index in [4.69, 9.17) is 9.56 Å². The molecule has 1 heterocycles. The summed E-state index contributed by atoms with van der Waals surface area (Å²) < 4.78 is 107. The van der Waals surface area contributed by atoms with Crippen LogP contribution in [-0.2, 0) is 32.0 Å². The third-order valence-corrected chi connectivity index (χ3v) is 6.69. The minimum atomic E-state index is -4.72. The summed E-state index contributed by atoms with van der Waals surface area (Å²) in [6.07, 6.45) is -8.51. The maximum atomic E-state index is 13.1. The molecular formula is C28H19F6N3O5S. The zero-order valence-electron chi connectivity index (χ0n) is 21.5. The number of hydrogen-bond donors (Lipinski definition) is 3. The molecule has 4 N–H and O–H groups in total. The van der Waals surface area contributed by atoms with Gasteiger partial charge >= 0.3 is 12.4 Å². The number of amides is 2. The van der Waals surface area contributed by atoms with Gasteiger partial charge < -0.3 is 15.1 Å². The molecule has 0 bridgehead atoms. The minimum absolute atomic E-state index is 0.0982. The van der Waals surface area contributed by atoms with Gasteiger partial charge in [-0.15, -0.1) is 0 Å². The second-order valence-corrected chi connectivity index (χ2v) is 10.5. The zero-order chi connectivity index (χ0) is 31.6. The second kappa shape index (κ2) is 11.8. The predicted octanol–water partition coefficient (Wildman–Crippen LogP) is 6.29. The molecule has 0 aliphatic rings. The fourth-order valence-electron chi connectivity index (χ4n) is 3.71. The van der Waals surface area contributed by atoms with Gasteiger partial charge in [0.15, 0.2) is 0 Å². The number of rotatable bonds is 7. The van der Waals surface area contributed by atoms with Crippen molar-refractivity contribution in [3.05, 3.63) is 107 Å². The molecule has 0 radical (unpaired) electrons. The molecule has 0 fully saturated rings. The number of furan rings is 1. The number of primary sulfonamides is 1. The summed E-state index contributed by atoms with van der Waals surface area (Å²) in [5.41, 5.74) is -3.11. The maximum Gasteiger partial charge on any atom is 0.416 e. The molecule has 4 rings (SSSR count). The highest BCUT2D eigenvalue weighted by atomic mass is 32.2. The highest BCUT2D eigenvalue weighted by Crippen LogP contribution is 2.32. The average molecular weight is 624 g/mol. The Kier molecular flexibility index (Phi) is 8.50. The van der Waals surface area contributed by atoms with E-state index < -0.39 is 50.9 Å². The van der Waals surface area contributed by atoms with Gasteiger partial charge in [0.25, 0.3) is 11.8 Å². The van der Waals surface area contributed by atoms with Crippen LogP contribution >= 0.6 is 0 Å². The molecule has 2 amide bonds. The van der Waals surface area contributed by atoms with Crippen molar-refractivity contribution in [2.75, 3.05) is 10.6 Å². The van der Waals surface area contributed by atoms with Crippen LogP contribution in [0.1, 0.15) is 16.9 Å². The van der Waals surface area contributed by atoms with Crippen LogP contribution in [0.4, 0.5) is 37.7 Å². The van der Waals surface area contributed by atoms with Gasteiger partial charge in [-0.1, -0.05) is 12.1 Å². The lowest BCUT2D eigenvalue weighted by atomic mass is 10.1. The Balaban J connectivity index is 1.68. The number of sulfonamides is 1. The van der Waals surface area contributed by atoms with E-state index in [1.807, 2.05) is 0 Å². The molecule has 0 saturated carbocycles. The molecule has 4 aromatic rings. The van der Waals surface area contributed by atoms with Crippen LogP contribution in [0.15, 0.2) is 99.8 Å². The first-order chi connectivity index (χ1) is 20.0. The van der Waals surface area contributed by atoms with Gasteiger partial charge in [0.05, 0.1) is 16.0 Å². The van der Waals surface area contributed by atoms with E-state index in [9.17, 15) is 44.3 Å². The molecule has 43 heavy (non-hydrogen) atoms. The van der Waals surface area contributed by atoms with E-state index >= 15 is 0 Å². The van der Waals surface area contributed by atoms with E-state index in [0.29, 0.717) is 17.7 Å². The third kappa shape index (κ3) is 7.90. The summed E-state index contributed by atoms with van der Waals surface area (Å²) in [6.45, 7) is 0. The van der Waals surface area contributed by atoms with E-state index in [1.165, 1.54) is 36.4 Å². The monoisotopic (exact) mass is 623 g/mol. The summed E-state index contributed by atoms with van der Waals surface area (Å²) in [5.74, 6) is -2.32. The Morgan fingerprint density at radius 1 is 0.721 bits per heavy atom. The summed E-state index contributed by atoms with van der Waals surface area (Å²) in [5, 5.41) is 9.44. The zero-order valence-corrected chi connectivity index (χ0v) is 22.3. The molecule has 0 atom stereocenters. The molecule has 8 nitrogen and oxygen atoms in total. The number of hydrogen-bond acceptors (Lipinski definition) is 5. The van der Waals surface area contributed by atoms with Crippen LogP contribution in [0.2, 0.25) is 0 Å². The highest BCUT2D eigenvalue weighted by molar-refractivity contribution is 7.89. The number of nitrogens with one attached hydrogen (secondary N) is 2. The number of halogens is 6. The largest absolute Gasteiger partial charge is 0.457 e. The van der Waals surface area contributed by atoms with E-state index in [2.05, 4.69) is 10.6 Å². The van der Waals surface area contributed by atoms with Gasteiger partial charge in [-0.05, 0) is 78.9 Å². The summed E-state index contributed by atoms with van der Waals surface area (Å²) in [4.78, 5) is 26.1. The van der Waals surface area contributed by atoms with Gasteiger partial charge in [0, 0.05) is 16.9 Å². The molecule has 15 heteroatoms. The van der Waals surface area contributed by atoms with Crippen LogP contribution in [0.25, 0.3) is 17.4 Å². The van der Waals surface area contributed by atoms with Gasteiger partial charge in [-0.2, -0.15) is 26.3 Å². The summed E-state index contributed by atoms with van der Waals surface area (Å²) in [6, 6.07) is 15.1. The van der Waals surface area contributed by atoms with Crippen molar-refractivity contribution >= 4 is 39.3 Å². The molecule has 1 aromatic heterocycles. The summed E-state index contributed by atoms with van der Waals surface area (Å²) >= 11 is 0. The number of alkyl halides is 6. The van der Waals surface area contributed by atoms with Crippen molar-refractivity contribution in [2.45, 2.75) is 17.2 Å². The number of carbonyl (C=O) groups excluding carboxylic acids is 2. The lowest BCUT2D eigenvalue weighted by Crippen LogP contribution is -2.25. The van der Waals surface area contributed by atoms with Crippen molar-refractivity contribution in [3.63, 3.8) is 0 Å².